The van der Waals surface area contributed by atoms with Gasteiger partial charge in [-0.2, -0.15) is 0 Å². The lowest BCUT2D eigenvalue weighted by Crippen LogP contribution is -2.31. The Bertz CT molecular complexity index is 589. The Morgan fingerprint density at radius 3 is 2.65 bits per heavy atom. The lowest BCUT2D eigenvalue weighted by molar-refractivity contribution is -0.122. The highest BCUT2D eigenvalue weighted by Crippen LogP contribution is 2.30. The molecule has 0 heterocycles. The maximum atomic E-state index is 11.4. The van der Waals surface area contributed by atoms with Gasteiger partial charge in [0.25, 0.3) is 9.05 Å². The average molecular weight is 385 g/mol. The number of nitrogens with one attached hydrogen (secondary N) is 1. The molecule has 20 heavy (non-hydrogen) atoms. The molecule has 0 saturated heterocycles. The molecule has 5 nitrogen and oxygen atoms in total. The first-order valence-corrected chi connectivity index (χ1v) is 8.96. The van der Waals surface area contributed by atoms with E-state index in [1.54, 1.807) is 6.07 Å². The highest BCUT2D eigenvalue weighted by Gasteiger charge is 2.17. The molecule has 1 rings (SSSR count). The Morgan fingerprint density at radius 1 is 1.45 bits per heavy atom. The van der Waals surface area contributed by atoms with Crippen molar-refractivity contribution in [1.82, 2.24) is 5.32 Å². The minimum absolute atomic E-state index is 0.0500. The van der Waals surface area contributed by atoms with Crippen LogP contribution in [0.4, 0.5) is 0 Å². The molecule has 0 aliphatic heterocycles. The summed E-state index contributed by atoms with van der Waals surface area (Å²) < 4.78 is 28.8. The van der Waals surface area contributed by atoms with Crippen molar-refractivity contribution in [1.29, 1.82) is 0 Å². The van der Waals surface area contributed by atoms with E-state index in [9.17, 15) is 13.2 Å². The van der Waals surface area contributed by atoms with Crippen molar-refractivity contribution in [3.8, 4) is 5.75 Å². The molecule has 0 bridgehead atoms. The van der Waals surface area contributed by atoms with E-state index in [-0.39, 0.29) is 35.6 Å². The van der Waals surface area contributed by atoms with Crippen molar-refractivity contribution < 1.29 is 17.9 Å². The SMILES string of the molecule is CC(C)NC(=O)CCOc1ccc(Br)cc1S(=O)(=O)Cl. The van der Waals surface area contributed by atoms with Crippen LogP contribution >= 0.6 is 26.6 Å². The van der Waals surface area contributed by atoms with Gasteiger partial charge >= 0.3 is 0 Å². The smallest absolute Gasteiger partial charge is 0.265 e. The lowest BCUT2D eigenvalue weighted by atomic mass is 10.3. The Labute approximate surface area is 131 Å². The van der Waals surface area contributed by atoms with Crippen LogP contribution in [0.2, 0.25) is 0 Å². The Morgan fingerprint density at radius 2 is 2.10 bits per heavy atom. The van der Waals surface area contributed by atoms with Gasteiger partial charge < -0.3 is 10.1 Å². The molecular weight excluding hydrogens is 370 g/mol. The van der Waals surface area contributed by atoms with Crippen LogP contribution in [-0.4, -0.2) is 27.0 Å². The van der Waals surface area contributed by atoms with E-state index in [4.69, 9.17) is 15.4 Å². The van der Waals surface area contributed by atoms with E-state index in [1.165, 1.54) is 12.1 Å². The fraction of sp³-hybridized carbons (Fsp3) is 0.417. The molecule has 1 aromatic carbocycles. The van der Waals surface area contributed by atoms with Gasteiger partial charge in [-0.05, 0) is 32.0 Å². The molecule has 0 atom stereocenters. The third-order valence-corrected chi connectivity index (χ3v) is 4.04. The van der Waals surface area contributed by atoms with E-state index < -0.39 is 9.05 Å². The zero-order valence-corrected chi connectivity index (χ0v) is 14.2. The number of carbonyl (C=O) groups excluding carboxylic acids is 1. The van der Waals surface area contributed by atoms with Crippen molar-refractivity contribution >= 4 is 41.6 Å². The number of carbonyl (C=O) groups is 1. The lowest BCUT2D eigenvalue weighted by Gasteiger charge is -2.11. The second kappa shape index (κ2) is 7.28. The maximum Gasteiger partial charge on any atom is 0.265 e. The first-order valence-electron chi connectivity index (χ1n) is 5.86. The van der Waals surface area contributed by atoms with Crippen molar-refractivity contribution in [2.75, 3.05) is 6.61 Å². The zero-order chi connectivity index (χ0) is 15.3. The zero-order valence-electron chi connectivity index (χ0n) is 11.0. The van der Waals surface area contributed by atoms with Gasteiger partial charge in [0, 0.05) is 21.2 Å². The minimum atomic E-state index is -3.91. The molecule has 1 amide bonds. The molecule has 0 aliphatic carbocycles. The van der Waals surface area contributed by atoms with Gasteiger partial charge in [0.15, 0.2) is 0 Å². The van der Waals surface area contributed by atoms with Gasteiger partial charge in [-0.15, -0.1) is 0 Å². The quantitative estimate of drug-likeness (QED) is 0.765. The van der Waals surface area contributed by atoms with Crippen LogP contribution in [0.15, 0.2) is 27.6 Å². The summed E-state index contributed by atoms with van der Waals surface area (Å²) >= 11 is 3.16. The predicted molar refractivity (Wildman–Crippen MR) is 80.6 cm³/mol. The summed E-state index contributed by atoms with van der Waals surface area (Å²) in [7, 11) is 1.43. The standard InChI is InChI=1S/C12H15BrClNO4S/c1-8(2)15-12(16)5-6-19-10-4-3-9(13)7-11(10)20(14,17)18/h3-4,7-8H,5-6H2,1-2H3,(H,15,16). The summed E-state index contributed by atoms with van der Waals surface area (Å²) in [5.74, 6) is -0.0343. The van der Waals surface area contributed by atoms with Crippen LogP contribution < -0.4 is 10.1 Å². The van der Waals surface area contributed by atoms with Crippen LogP contribution in [-0.2, 0) is 13.8 Å². The summed E-state index contributed by atoms with van der Waals surface area (Å²) in [6.07, 6.45) is 0.135. The number of ether oxygens (including phenoxy) is 1. The first kappa shape index (κ1) is 17.3. The van der Waals surface area contributed by atoms with Crippen LogP contribution in [0, 0.1) is 0 Å². The summed E-state index contributed by atoms with van der Waals surface area (Å²) in [6, 6.07) is 4.52. The molecule has 0 saturated carbocycles. The van der Waals surface area contributed by atoms with Gasteiger partial charge in [0.05, 0.1) is 13.0 Å². The van der Waals surface area contributed by atoms with E-state index in [1.807, 2.05) is 13.8 Å². The molecule has 0 aliphatic rings. The van der Waals surface area contributed by atoms with E-state index in [0.29, 0.717) is 4.47 Å². The number of hydrogen-bond acceptors (Lipinski definition) is 4. The van der Waals surface area contributed by atoms with Gasteiger partial charge in [-0.1, -0.05) is 15.9 Å². The molecule has 0 unspecified atom stereocenters. The van der Waals surface area contributed by atoms with Crippen molar-refractivity contribution in [3.05, 3.63) is 22.7 Å². The number of rotatable bonds is 6. The normalized spacial score (nSPS) is 11.4. The van der Waals surface area contributed by atoms with Crippen molar-refractivity contribution in [2.24, 2.45) is 0 Å². The predicted octanol–water partition coefficient (Wildman–Crippen LogP) is 2.67. The molecule has 1 N–H and O–H groups in total. The summed E-state index contributed by atoms with van der Waals surface area (Å²) in [5.41, 5.74) is 0. The molecule has 0 spiro atoms. The van der Waals surface area contributed by atoms with Gasteiger partial charge in [-0.25, -0.2) is 8.42 Å². The Balaban J connectivity index is 2.72. The van der Waals surface area contributed by atoms with Gasteiger partial charge in [0.2, 0.25) is 5.91 Å². The number of hydrogen-bond donors (Lipinski definition) is 1. The molecule has 0 radical (unpaired) electrons. The second-order valence-electron chi connectivity index (χ2n) is 4.35. The maximum absolute atomic E-state index is 11.4. The first-order chi connectivity index (χ1) is 9.20. The third kappa shape index (κ3) is 5.68. The van der Waals surface area contributed by atoms with Crippen LogP contribution in [0.3, 0.4) is 0 Å². The van der Waals surface area contributed by atoms with Crippen LogP contribution in [0.1, 0.15) is 20.3 Å². The Kier molecular flexibility index (Phi) is 6.29. The van der Waals surface area contributed by atoms with Crippen molar-refractivity contribution in [2.45, 2.75) is 31.2 Å². The largest absolute Gasteiger partial charge is 0.492 e. The van der Waals surface area contributed by atoms with Gasteiger partial charge in [-0.3, -0.25) is 4.79 Å². The third-order valence-electron chi connectivity index (χ3n) is 2.20. The fourth-order valence-electron chi connectivity index (χ4n) is 1.44. The summed E-state index contributed by atoms with van der Waals surface area (Å²) in [4.78, 5) is 11.3. The molecule has 0 fully saturated rings. The van der Waals surface area contributed by atoms with Crippen molar-refractivity contribution in [3.63, 3.8) is 0 Å². The van der Waals surface area contributed by atoms with E-state index in [0.717, 1.165) is 0 Å². The van der Waals surface area contributed by atoms with E-state index >= 15 is 0 Å². The average Bonchev–Trinajstić information content (AvgIpc) is 2.28. The topological polar surface area (TPSA) is 72.5 Å². The molecule has 8 heteroatoms. The summed E-state index contributed by atoms with van der Waals surface area (Å²) in [5, 5.41) is 2.71. The van der Waals surface area contributed by atoms with Crippen LogP contribution in [0.5, 0.6) is 5.75 Å². The number of halogens is 2. The highest BCUT2D eigenvalue weighted by atomic mass is 79.9. The molecule has 0 aromatic heterocycles. The number of amides is 1. The molecule has 112 valence electrons. The van der Waals surface area contributed by atoms with E-state index in [2.05, 4.69) is 21.2 Å². The molecular formula is C12H15BrClNO4S. The fourth-order valence-corrected chi connectivity index (χ4v) is 2.95. The molecule has 1 aromatic rings. The Hall–Kier alpha value is -0.790. The minimum Gasteiger partial charge on any atom is -0.492 e. The number of benzene rings is 1. The highest BCUT2D eigenvalue weighted by molar-refractivity contribution is 9.10. The van der Waals surface area contributed by atoms with Crippen LogP contribution in [0.25, 0.3) is 0 Å². The van der Waals surface area contributed by atoms with Gasteiger partial charge in [0.1, 0.15) is 10.6 Å². The second-order valence-corrected chi connectivity index (χ2v) is 7.80. The monoisotopic (exact) mass is 383 g/mol. The summed E-state index contributed by atoms with van der Waals surface area (Å²) in [6.45, 7) is 3.77.